The van der Waals surface area contributed by atoms with E-state index in [1.165, 1.54) is 0 Å². The quantitative estimate of drug-likeness (QED) is 0.573. The van der Waals surface area contributed by atoms with E-state index >= 15 is 0 Å². The van der Waals surface area contributed by atoms with Gasteiger partial charge in [-0.25, -0.2) is 0 Å². The molecule has 1 aromatic carbocycles. The zero-order valence-corrected chi connectivity index (χ0v) is 11.7. The molecular formula is C13H20BN2O3+. The lowest BCUT2D eigenvalue weighted by Crippen LogP contribution is -2.43. The van der Waals surface area contributed by atoms with Crippen molar-refractivity contribution in [2.24, 2.45) is 5.73 Å². The van der Waals surface area contributed by atoms with Gasteiger partial charge in [-0.15, -0.1) is 0 Å². The van der Waals surface area contributed by atoms with Crippen LogP contribution in [0.15, 0.2) is 18.2 Å². The van der Waals surface area contributed by atoms with Gasteiger partial charge < -0.3 is 19.4 Å². The third kappa shape index (κ3) is 2.00. The number of fused-ring (bicyclic) bond motifs is 1. The normalized spacial score (nSPS) is 26.8. The van der Waals surface area contributed by atoms with Crippen LogP contribution in [0.1, 0.15) is 27.7 Å². The van der Waals surface area contributed by atoms with Crippen molar-refractivity contribution in [1.29, 1.82) is 0 Å². The highest BCUT2D eigenvalue weighted by Gasteiger charge is 2.59. The molecule has 1 aromatic rings. The lowest BCUT2D eigenvalue weighted by molar-refractivity contribution is -0.0705. The highest BCUT2D eigenvalue weighted by molar-refractivity contribution is 6.61. The summed E-state index contributed by atoms with van der Waals surface area (Å²) in [6.45, 7) is 8.32. The molecule has 2 aliphatic heterocycles. The van der Waals surface area contributed by atoms with E-state index in [1.807, 2.05) is 18.2 Å². The molecule has 5 nitrogen and oxygen atoms in total. The van der Waals surface area contributed by atoms with Gasteiger partial charge in [-0.05, 0) is 26.0 Å². The SMILES string of the molecule is CC1(C)OB(c2ccc3c(c2)OC(N)N3)[OH+]C1(C)C. The molecule has 6 heteroatoms. The first kappa shape index (κ1) is 12.8. The van der Waals surface area contributed by atoms with E-state index in [0.717, 1.165) is 16.9 Å². The van der Waals surface area contributed by atoms with E-state index in [0.29, 0.717) is 0 Å². The van der Waals surface area contributed by atoms with Crippen molar-refractivity contribution in [3.8, 4) is 5.75 Å². The predicted molar refractivity (Wildman–Crippen MR) is 75.5 cm³/mol. The van der Waals surface area contributed by atoms with E-state index < -0.39 is 6.35 Å². The number of hydrogen-bond donors (Lipinski definition) is 2. The Kier molecular flexibility index (Phi) is 2.61. The van der Waals surface area contributed by atoms with Crippen molar-refractivity contribution in [3.05, 3.63) is 18.2 Å². The Morgan fingerprint density at radius 3 is 2.68 bits per heavy atom. The predicted octanol–water partition coefficient (Wildman–Crippen LogP) is 0.544. The maximum atomic E-state index is 6.06. The van der Waals surface area contributed by atoms with Crippen molar-refractivity contribution >= 4 is 18.3 Å². The van der Waals surface area contributed by atoms with Gasteiger partial charge in [0.25, 0.3) is 0 Å². The number of hydrogen-bond acceptors (Lipinski definition) is 4. The highest BCUT2D eigenvalue weighted by Crippen LogP contribution is 2.35. The molecule has 1 atom stereocenters. The topological polar surface area (TPSA) is 69.3 Å². The molecule has 4 N–H and O–H groups in total. The van der Waals surface area contributed by atoms with Crippen molar-refractivity contribution in [1.82, 2.24) is 0 Å². The molecule has 0 bridgehead atoms. The first-order chi connectivity index (χ1) is 8.78. The highest BCUT2D eigenvalue weighted by atomic mass is 16.7. The van der Waals surface area contributed by atoms with Gasteiger partial charge in [0.2, 0.25) is 6.35 Å². The van der Waals surface area contributed by atoms with Gasteiger partial charge >= 0.3 is 7.12 Å². The van der Waals surface area contributed by atoms with Crippen LogP contribution >= 0.6 is 0 Å². The number of anilines is 1. The monoisotopic (exact) mass is 263 g/mol. The van der Waals surface area contributed by atoms with Crippen LogP contribution in [0.5, 0.6) is 5.75 Å². The zero-order valence-electron chi connectivity index (χ0n) is 11.7. The van der Waals surface area contributed by atoms with Crippen molar-refractivity contribution < 1.29 is 14.0 Å². The molecule has 0 amide bonds. The standard InChI is InChI=1S/C13H19BN2O3/c1-12(2)13(3,4)19-14(18-12)8-5-6-9-10(7-8)17-11(15)16-9/h5-7,11,16H,15H2,1-4H3/p+1. The molecular weight excluding hydrogens is 243 g/mol. The average molecular weight is 263 g/mol. The molecule has 19 heavy (non-hydrogen) atoms. The smallest absolute Gasteiger partial charge is 0.505 e. The van der Waals surface area contributed by atoms with Gasteiger partial charge in [0, 0.05) is 13.8 Å². The Labute approximate surface area is 113 Å². The Morgan fingerprint density at radius 1 is 1.32 bits per heavy atom. The van der Waals surface area contributed by atoms with E-state index in [9.17, 15) is 0 Å². The maximum absolute atomic E-state index is 6.06. The molecule has 102 valence electrons. The molecule has 1 unspecified atom stereocenters. The summed E-state index contributed by atoms with van der Waals surface area (Å²) < 4.78 is 16.3. The molecule has 2 heterocycles. The van der Waals surface area contributed by atoms with E-state index in [4.69, 9.17) is 19.8 Å². The van der Waals surface area contributed by atoms with Crippen LogP contribution in [0.2, 0.25) is 0 Å². The van der Waals surface area contributed by atoms with Crippen LogP contribution in [0.4, 0.5) is 5.69 Å². The lowest BCUT2D eigenvalue weighted by atomic mass is 9.79. The van der Waals surface area contributed by atoms with Gasteiger partial charge in [-0.3, -0.25) is 5.73 Å². The third-order valence-electron chi connectivity index (χ3n) is 4.16. The summed E-state index contributed by atoms with van der Waals surface area (Å²) >= 11 is 0. The molecule has 0 saturated carbocycles. The van der Waals surface area contributed by atoms with Gasteiger partial charge in [0.05, 0.1) is 11.2 Å². The Balaban J connectivity index is 1.88. The summed E-state index contributed by atoms with van der Waals surface area (Å²) in [6, 6.07) is 5.90. The lowest BCUT2D eigenvalue weighted by Gasteiger charge is -2.28. The van der Waals surface area contributed by atoms with Crippen LogP contribution in [0.25, 0.3) is 0 Å². The van der Waals surface area contributed by atoms with Crippen LogP contribution in [-0.2, 0) is 4.65 Å². The van der Waals surface area contributed by atoms with Crippen LogP contribution in [0, 0.1) is 0 Å². The third-order valence-corrected chi connectivity index (χ3v) is 4.16. The van der Waals surface area contributed by atoms with Crippen molar-refractivity contribution in [2.45, 2.75) is 45.2 Å². The Morgan fingerprint density at radius 2 is 2.05 bits per heavy atom. The van der Waals surface area contributed by atoms with Gasteiger partial charge in [0.15, 0.2) is 5.60 Å². The van der Waals surface area contributed by atoms with E-state index in [2.05, 4.69) is 33.0 Å². The van der Waals surface area contributed by atoms with Crippen molar-refractivity contribution in [2.75, 3.05) is 5.32 Å². The van der Waals surface area contributed by atoms with Crippen molar-refractivity contribution in [3.63, 3.8) is 0 Å². The second kappa shape index (κ2) is 3.88. The minimum absolute atomic E-state index is 0.216. The maximum Gasteiger partial charge on any atom is 0.732 e. The Bertz CT molecular complexity index is 503. The molecule has 0 aromatic heterocycles. The second-order valence-electron chi connectivity index (χ2n) is 6.11. The number of rotatable bonds is 1. The summed E-state index contributed by atoms with van der Waals surface area (Å²) in [5.41, 5.74) is 7.09. The molecule has 1 saturated heterocycles. The summed E-state index contributed by atoms with van der Waals surface area (Å²) in [6.07, 6.45) is -0.473. The minimum atomic E-state index is -0.473. The van der Waals surface area contributed by atoms with Gasteiger partial charge in [0.1, 0.15) is 11.4 Å². The van der Waals surface area contributed by atoms with E-state index in [-0.39, 0.29) is 18.3 Å². The minimum Gasteiger partial charge on any atom is -0.505 e. The molecule has 0 aliphatic carbocycles. The summed E-state index contributed by atoms with van der Waals surface area (Å²) in [5, 5.41) is 3.03. The number of nitrogens with two attached hydrogens (primary N) is 1. The van der Waals surface area contributed by atoms with Crippen LogP contribution in [-0.4, -0.2) is 29.3 Å². The first-order valence-electron chi connectivity index (χ1n) is 6.51. The fourth-order valence-corrected chi connectivity index (χ4v) is 2.27. The first-order valence-corrected chi connectivity index (χ1v) is 6.51. The fraction of sp³-hybridized carbons (Fsp3) is 0.538. The molecule has 0 radical (unpaired) electrons. The molecule has 0 spiro atoms. The molecule has 3 rings (SSSR count). The number of ether oxygens (including phenoxy) is 1. The second-order valence-corrected chi connectivity index (χ2v) is 6.11. The van der Waals surface area contributed by atoms with Crippen LogP contribution < -0.4 is 21.3 Å². The largest absolute Gasteiger partial charge is 0.732 e. The molecule has 1 fully saturated rings. The summed E-state index contributed by atoms with van der Waals surface area (Å²) in [7, 11) is -0.254. The van der Waals surface area contributed by atoms with E-state index in [1.54, 1.807) is 0 Å². The Hall–Kier alpha value is -1.24. The number of nitrogens with one attached hydrogen (secondary N) is 1. The van der Waals surface area contributed by atoms with Crippen LogP contribution in [0.3, 0.4) is 0 Å². The fourth-order valence-electron chi connectivity index (χ4n) is 2.27. The van der Waals surface area contributed by atoms with Gasteiger partial charge in [-0.1, -0.05) is 6.07 Å². The molecule has 2 aliphatic rings. The number of benzene rings is 1. The summed E-state index contributed by atoms with van der Waals surface area (Å²) in [4.78, 5) is 0. The average Bonchev–Trinajstić information content (AvgIpc) is 2.74. The van der Waals surface area contributed by atoms with Gasteiger partial charge in [-0.2, -0.15) is 0 Å². The number of aliphatic hydroxyl groups is 1. The summed E-state index contributed by atoms with van der Waals surface area (Å²) in [5.74, 6) is 0.756. The zero-order chi connectivity index (χ0) is 13.8.